The first-order chi connectivity index (χ1) is 8.17. The molecule has 3 nitrogen and oxygen atoms in total. The summed E-state index contributed by atoms with van der Waals surface area (Å²) in [4.78, 5) is 12.0. The van der Waals surface area contributed by atoms with Crippen molar-refractivity contribution in [2.45, 2.75) is 18.2 Å². The fourth-order valence-corrected chi connectivity index (χ4v) is 1.79. The molecular weight excluding hydrogens is 234 g/mol. The average molecular weight is 251 g/mol. The molecule has 0 aliphatic heterocycles. The van der Waals surface area contributed by atoms with E-state index in [-0.39, 0.29) is 0 Å². The number of hydrogen-bond donors (Lipinski definition) is 2. The van der Waals surface area contributed by atoms with Gasteiger partial charge in [-0.15, -0.1) is 11.8 Å². The first kappa shape index (κ1) is 13.6. The largest absolute Gasteiger partial charge is 0.478 e. The maximum Gasteiger partial charge on any atom is 0.331 e. The van der Waals surface area contributed by atoms with Crippen LogP contribution in [0.5, 0.6) is 0 Å². The van der Waals surface area contributed by atoms with Gasteiger partial charge in [0.25, 0.3) is 0 Å². The molecule has 0 aliphatic rings. The second-order valence-electron chi connectivity index (χ2n) is 3.50. The Morgan fingerprint density at radius 2 is 2.06 bits per heavy atom. The minimum Gasteiger partial charge on any atom is -0.478 e. The summed E-state index contributed by atoms with van der Waals surface area (Å²) in [5.74, 6) is -0.841. The average Bonchev–Trinajstić information content (AvgIpc) is 2.35. The van der Waals surface area contributed by atoms with Crippen LogP contribution in [0.4, 0.5) is 5.69 Å². The van der Waals surface area contributed by atoms with Gasteiger partial charge in [-0.3, -0.25) is 0 Å². The first-order valence-corrected chi connectivity index (χ1v) is 6.70. The Hall–Kier alpha value is -1.42. The fourth-order valence-electron chi connectivity index (χ4n) is 1.38. The lowest BCUT2D eigenvalue weighted by Gasteiger charge is -2.05. The molecule has 0 unspecified atom stereocenters. The predicted molar refractivity (Wildman–Crippen MR) is 72.7 cm³/mol. The Morgan fingerprint density at radius 1 is 1.41 bits per heavy atom. The number of benzene rings is 1. The lowest BCUT2D eigenvalue weighted by molar-refractivity contribution is -0.132. The number of anilines is 1. The maximum atomic E-state index is 10.8. The Balaban J connectivity index is 2.52. The van der Waals surface area contributed by atoms with Gasteiger partial charge >= 0.3 is 5.97 Å². The summed E-state index contributed by atoms with van der Waals surface area (Å²) in [5, 5.41) is 12.0. The molecule has 2 N–H and O–H groups in total. The van der Waals surface area contributed by atoms with Crippen LogP contribution in [0.25, 0.3) is 0 Å². The molecule has 0 aliphatic carbocycles. The number of aliphatic carboxylic acids is 1. The zero-order chi connectivity index (χ0) is 12.7. The van der Waals surface area contributed by atoms with Crippen LogP contribution < -0.4 is 5.32 Å². The highest BCUT2D eigenvalue weighted by Crippen LogP contribution is 2.17. The van der Waals surface area contributed by atoms with Gasteiger partial charge < -0.3 is 10.4 Å². The molecule has 0 saturated heterocycles. The number of hydrogen-bond acceptors (Lipinski definition) is 3. The van der Waals surface area contributed by atoms with E-state index in [4.69, 9.17) is 5.11 Å². The van der Waals surface area contributed by atoms with Gasteiger partial charge in [0, 0.05) is 22.7 Å². The van der Waals surface area contributed by atoms with Gasteiger partial charge in [0.15, 0.2) is 0 Å². The smallest absolute Gasteiger partial charge is 0.331 e. The molecule has 4 heteroatoms. The maximum absolute atomic E-state index is 10.8. The molecule has 92 valence electrons. The third-order valence-electron chi connectivity index (χ3n) is 2.40. The predicted octanol–water partition coefficient (Wildman–Crippen LogP) is 3.24. The Labute approximate surface area is 106 Å². The second-order valence-corrected chi connectivity index (χ2v) is 4.38. The molecule has 0 fully saturated rings. The monoisotopic (exact) mass is 251 g/mol. The van der Waals surface area contributed by atoms with Crippen molar-refractivity contribution < 1.29 is 9.90 Å². The SMILES string of the molecule is CC/C(=C/CNc1ccc(SC)cc1)C(=O)O. The molecule has 0 amide bonds. The number of nitrogens with one attached hydrogen (secondary N) is 1. The van der Waals surface area contributed by atoms with E-state index >= 15 is 0 Å². The molecule has 17 heavy (non-hydrogen) atoms. The number of rotatable bonds is 6. The molecule has 0 atom stereocenters. The summed E-state index contributed by atoms with van der Waals surface area (Å²) in [6.07, 6.45) is 4.29. The summed E-state index contributed by atoms with van der Waals surface area (Å²) in [6.45, 7) is 2.38. The van der Waals surface area contributed by atoms with Crippen LogP contribution in [0.2, 0.25) is 0 Å². The van der Waals surface area contributed by atoms with Crippen LogP contribution in [0, 0.1) is 0 Å². The highest BCUT2D eigenvalue weighted by molar-refractivity contribution is 7.98. The highest BCUT2D eigenvalue weighted by atomic mass is 32.2. The van der Waals surface area contributed by atoms with E-state index in [2.05, 4.69) is 5.32 Å². The van der Waals surface area contributed by atoms with Crippen LogP contribution in [0.15, 0.2) is 40.8 Å². The van der Waals surface area contributed by atoms with Crippen molar-refractivity contribution in [3.05, 3.63) is 35.9 Å². The molecule has 0 radical (unpaired) electrons. The first-order valence-electron chi connectivity index (χ1n) is 5.47. The van der Waals surface area contributed by atoms with Crippen molar-refractivity contribution in [3.8, 4) is 0 Å². The lowest BCUT2D eigenvalue weighted by atomic mass is 10.2. The fraction of sp³-hybridized carbons (Fsp3) is 0.308. The van der Waals surface area contributed by atoms with E-state index in [1.165, 1.54) is 4.90 Å². The summed E-state index contributed by atoms with van der Waals surface area (Å²) >= 11 is 1.70. The Morgan fingerprint density at radius 3 is 2.53 bits per heavy atom. The zero-order valence-corrected chi connectivity index (χ0v) is 10.9. The van der Waals surface area contributed by atoms with Crippen molar-refractivity contribution in [1.82, 2.24) is 0 Å². The highest BCUT2D eigenvalue weighted by Gasteiger charge is 2.02. The van der Waals surface area contributed by atoms with E-state index in [0.717, 1.165) is 5.69 Å². The Kier molecular flexibility index (Phi) is 5.63. The van der Waals surface area contributed by atoms with Crippen LogP contribution in [-0.4, -0.2) is 23.9 Å². The summed E-state index contributed by atoms with van der Waals surface area (Å²) in [5.41, 5.74) is 1.44. The Bertz CT molecular complexity index is 398. The summed E-state index contributed by atoms with van der Waals surface area (Å²) in [7, 11) is 0. The lowest BCUT2D eigenvalue weighted by Crippen LogP contribution is -2.04. The van der Waals surface area contributed by atoms with Gasteiger partial charge in [-0.05, 0) is 36.9 Å². The van der Waals surface area contributed by atoms with Crippen molar-refractivity contribution >= 4 is 23.4 Å². The van der Waals surface area contributed by atoms with Crippen LogP contribution in [0.1, 0.15) is 13.3 Å². The van der Waals surface area contributed by atoms with E-state index in [9.17, 15) is 4.79 Å². The number of carboxylic acid groups (broad SMARTS) is 1. The van der Waals surface area contributed by atoms with Gasteiger partial charge in [-0.2, -0.15) is 0 Å². The molecule has 1 aromatic rings. The number of thioether (sulfide) groups is 1. The standard InChI is InChI=1S/C13H17NO2S/c1-3-10(13(15)16)8-9-14-11-4-6-12(17-2)7-5-11/h4-8,14H,3,9H2,1-2H3,(H,15,16)/b10-8-. The molecular formula is C13H17NO2S. The number of carbonyl (C=O) groups is 1. The molecule has 1 rings (SSSR count). The molecule has 0 aromatic heterocycles. The van der Waals surface area contributed by atoms with Crippen molar-refractivity contribution in [1.29, 1.82) is 0 Å². The minimum absolute atomic E-state index is 0.443. The van der Waals surface area contributed by atoms with E-state index < -0.39 is 5.97 Å². The zero-order valence-electron chi connectivity index (χ0n) is 10.1. The minimum atomic E-state index is -0.841. The van der Waals surface area contributed by atoms with Crippen molar-refractivity contribution in [2.24, 2.45) is 0 Å². The third kappa shape index (κ3) is 4.53. The van der Waals surface area contributed by atoms with Crippen LogP contribution in [0.3, 0.4) is 0 Å². The van der Waals surface area contributed by atoms with Gasteiger partial charge in [0.05, 0.1) is 0 Å². The molecule has 0 spiro atoms. The van der Waals surface area contributed by atoms with E-state index in [0.29, 0.717) is 18.5 Å². The molecule has 0 heterocycles. The van der Waals surface area contributed by atoms with Crippen molar-refractivity contribution in [2.75, 3.05) is 18.1 Å². The molecule has 0 saturated carbocycles. The molecule has 1 aromatic carbocycles. The second kappa shape index (κ2) is 7.01. The topological polar surface area (TPSA) is 49.3 Å². The van der Waals surface area contributed by atoms with E-state index in [1.807, 2.05) is 37.4 Å². The number of carboxylic acids is 1. The quantitative estimate of drug-likeness (QED) is 0.602. The summed E-state index contributed by atoms with van der Waals surface area (Å²) < 4.78 is 0. The normalized spacial score (nSPS) is 11.3. The van der Waals surface area contributed by atoms with Gasteiger partial charge in [0.2, 0.25) is 0 Å². The van der Waals surface area contributed by atoms with Crippen LogP contribution >= 0.6 is 11.8 Å². The van der Waals surface area contributed by atoms with Gasteiger partial charge in [0.1, 0.15) is 0 Å². The van der Waals surface area contributed by atoms with Crippen molar-refractivity contribution in [3.63, 3.8) is 0 Å². The van der Waals surface area contributed by atoms with Gasteiger partial charge in [-0.25, -0.2) is 4.79 Å². The molecule has 0 bridgehead atoms. The van der Waals surface area contributed by atoms with Crippen LogP contribution in [-0.2, 0) is 4.79 Å². The van der Waals surface area contributed by atoms with E-state index in [1.54, 1.807) is 17.8 Å². The summed E-state index contributed by atoms with van der Waals surface area (Å²) in [6, 6.07) is 8.06. The third-order valence-corrected chi connectivity index (χ3v) is 3.14. The van der Waals surface area contributed by atoms with Gasteiger partial charge in [-0.1, -0.05) is 13.0 Å².